The topological polar surface area (TPSA) is 67.5 Å². The number of hydrogen-bond donors (Lipinski definition) is 1. The van der Waals surface area contributed by atoms with Crippen LogP contribution in [0, 0.1) is 0 Å². The first-order valence-electron chi connectivity index (χ1n) is 8.18. The first-order valence-corrected chi connectivity index (χ1v) is 7.11. The van der Waals surface area contributed by atoms with Gasteiger partial charge in [0.15, 0.2) is 0 Å². The highest BCUT2D eigenvalue weighted by atomic mass is 16.4. The molecule has 4 heteroatoms. The molecule has 116 valence electrons. The molecule has 2 atom stereocenters. The molecule has 0 bridgehead atoms. The fraction of sp³-hybridized carbons (Fsp3) is 0.158. The number of carbonyl (C=O) groups is 1. The van der Waals surface area contributed by atoms with Crippen LogP contribution in [0.5, 0.6) is 5.75 Å². The van der Waals surface area contributed by atoms with E-state index in [2.05, 4.69) is 0 Å². The van der Waals surface area contributed by atoms with Gasteiger partial charge in [0.05, 0.1) is 10.9 Å². The molecule has 4 nitrogen and oxygen atoms in total. The Hall–Kier alpha value is -2.88. The quantitative estimate of drug-likeness (QED) is 0.747. The summed E-state index contributed by atoms with van der Waals surface area (Å²) in [5.74, 6) is -3.13. The van der Waals surface area contributed by atoms with Crippen LogP contribution in [0.1, 0.15) is 33.1 Å². The number of ketones is 1. The van der Waals surface area contributed by atoms with Crippen molar-refractivity contribution in [1.29, 1.82) is 0 Å². The van der Waals surface area contributed by atoms with Crippen molar-refractivity contribution in [3.05, 3.63) is 76.1 Å². The van der Waals surface area contributed by atoms with Gasteiger partial charge in [-0.15, -0.1) is 0 Å². The fourth-order valence-electron chi connectivity index (χ4n) is 2.49. The molecule has 0 aliphatic heterocycles. The highest BCUT2D eigenvalue weighted by Gasteiger charge is 2.25. The summed E-state index contributed by atoms with van der Waals surface area (Å²) in [6.45, 7) is 1.18. The minimum absolute atomic E-state index is 0.175. The van der Waals surface area contributed by atoms with Crippen molar-refractivity contribution in [2.45, 2.75) is 19.2 Å². The molecule has 3 rings (SSSR count). The van der Waals surface area contributed by atoms with E-state index in [1.165, 1.54) is 13.0 Å². The lowest BCUT2D eigenvalue weighted by Crippen LogP contribution is -2.16. The van der Waals surface area contributed by atoms with Crippen LogP contribution in [0.2, 0.25) is 0 Å². The maximum Gasteiger partial charge on any atom is 0.343 e. The lowest BCUT2D eigenvalue weighted by atomic mass is 9.87. The van der Waals surface area contributed by atoms with E-state index in [-0.39, 0.29) is 16.5 Å². The number of Topliss-reactive ketones (excluding diaryl/α,β-unsaturated/α-hetero) is 1. The summed E-state index contributed by atoms with van der Waals surface area (Å²) in [6.07, 6.45) is -1.61. The Bertz CT molecular complexity index is 997. The van der Waals surface area contributed by atoms with Gasteiger partial charge in [-0.3, -0.25) is 4.79 Å². The monoisotopic (exact) mass is 310 g/mol. The third-order valence-corrected chi connectivity index (χ3v) is 3.49. The molecule has 0 amide bonds. The third-order valence-electron chi connectivity index (χ3n) is 3.49. The number of fused-ring (bicyclic) bond motifs is 1. The summed E-state index contributed by atoms with van der Waals surface area (Å²) in [5, 5.41) is 10.9. The summed E-state index contributed by atoms with van der Waals surface area (Å²) in [6, 6.07) is 14.5. The Morgan fingerprint density at radius 3 is 2.57 bits per heavy atom. The summed E-state index contributed by atoms with van der Waals surface area (Å²) in [7, 11) is 0. The van der Waals surface area contributed by atoms with Crippen molar-refractivity contribution < 1.29 is 17.1 Å². The average Bonchev–Trinajstić information content (AvgIpc) is 2.61. The molecule has 3 aromatic rings. The van der Waals surface area contributed by atoms with Gasteiger partial charge >= 0.3 is 5.63 Å². The normalized spacial score (nSPS) is 16.2. The Morgan fingerprint density at radius 1 is 1.22 bits per heavy atom. The molecule has 0 spiro atoms. The highest BCUT2D eigenvalue weighted by molar-refractivity contribution is 5.85. The van der Waals surface area contributed by atoms with Crippen molar-refractivity contribution >= 4 is 16.8 Å². The van der Waals surface area contributed by atoms with Gasteiger partial charge in [0.2, 0.25) is 0 Å². The number of rotatable bonds is 4. The molecule has 0 saturated carbocycles. The minimum Gasteiger partial charge on any atom is -0.507 e. The van der Waals surface area contributed by atoms with E-state index >= 15 is 0 Å². The molecule has 0 fully saturated rings. The van der Waals surface area contributed by atoms with Gasteiger partial charge < -0.3 is 9.52 Å². The third kappa shape index (κ3) is 2.88. The van der Waals surface area contributed by atoms with Crippen LogP contribution < -0.4 is 5.63 Å². The van der Waals surface area contributed by atoms with E-state index in [4.69, 9.17) is 7.16 Å². The minimum atomic E-state index is -2.10. The number of para-hydroxylation sites is 1. The molecule has 0 saturated heterocycles. The van der Waals surface area contributed by atoms with Crippen LogP contribution in [-0.2, 0) is 4.79 Å². The predicted molar refractivity (Wildman–Crippen MR) is 87.7 cm³/mol. The Balaban J connectivity index is 2.41. The zero-order chi connectivity index (χ0) is 18.2. The van der Waals surface area contributed by atoms with E-state index in [1.54, 1.807) is 48.5 Å². The Kier molecular flexibility index (Phi) is 3.34. The van der Waals surface area contributed by atoms with Gasteiger partial charge in [0.25, 0.3) is 0 Å². The maximum absolute atomic E-state index is 12.6. The van der Waals surface area contributed by atoms with E-state index in [1.807, 2.05) is 0 Å². The molecule has 0 aliphatic rings. The SMILES string of the molecule is [2H]C(C(C)=O)C([2H])(c1ccccc1)c1c(O)c2ccccc2oc1=O. The standard InChI is InChI=1S/C19H16O4/c1-12(20)11-15(13-7-3-2-4-8-13)17-18(21)14-9-5-6-10-16(14)23-19(17)22/h2-10,15,21H,11H2,1H3/i11D,15D. The van der Waals surface area contributed by atoms with Gasteiger partial charge in [-0.1, -0.05) is 42.5 Å². The maximum atomic E-state index is 12.6. The molecule has 2 unspecified atom stereocenters. The van der Waals surface area contributed by atoms with E-state index in [0.717, 1.165) is 0 Å². The molecule has 0 radical (unpaired) electrons. The van der Waals surface area contributed by atoms with Crippen molar-refractivity contribution in [3.8, 4) is 5.75 Å². The first-order chi connectivity index (χ1) is 11.9. The Morgan fingerprint density at radius 2 is 1.87 bits per heavy atom. The molecular weight excluding hydrogens is 292 g/mol. The van der Waals surface area contributed by atoms with E-state index < -0.39 is 35.0 Å². The van der Waals surface area contributed by atoms with Crippen LogP contribution in [0.25, 0.3) is 11.0 Å². The number of hydrogen-bond acceptors (Lipinski definition) is 4. The van der Waals surface area contributed by atoms with E-state index in [9.17, 15) is 14.7 Å². The number of aromatic hydroxyl groups is 1. The van der Waals surface area contributed by atoms with Gasteiger partial charge in [-0.25, -0.2) is 4.79 Å². The second-order valence-corrected chi connectivity index (χ2v) is 5.14. The fourth-order valence-corrected chi connectivity index (χ4v) is 2.49. The lowest BCUT2D eigenvalue weighted by Gasteiger charge is -2.17. The van der Waals surface area contributed by atoms with Crippen molar-refractivity contribution in [2.75, 3.05) is 0 Å². The van der Waals surface area contributed by atoms with Crippen LogP contribution in [-0.4, -0.2) is 10.9 Å². The molecular formula is C19H16O4. The van der Waals surface area contributed by atoms with Crippen molar-refractivity contribution in [3.63, 3.8) is 0 Å². The number of carbonyl (C=O) groups excluding carboxylic acids is 1. The number of benzene rings is 2. The van der Waals surface area contributed by atoms with Gasteiger partial charge in [-0.05, 0) is 24.6 Å². The summed E-state index contributed by atoms with van der Waals surface area (Å²) in [4.78, 5) is 24.5. The highest BCUT2D eigenvalue weighted by Crippen LogP contribution is 2.35. The lowest BCUT2D eigenvalue weighted by molar-refractivity contribution is -0.117. The van der Waals surface area contributed by atoms with Gasteiger partial charge in [-0.2, -0.15) is 0 Å². The zero-order valence-electron chi connectivity index (χ0n) is 14.4. The first kappa shape index (κ1) is 12.6. The van der Waals surface area contributed by atoms with Crippen molar-refractivity contribution in [2.24, 2.45) is 0 Å². The van der Waals surface area contributed by atoms with Crippen LogP contribution >= 0.6 is 0 Å². The smallest absolute Gasteiger partial charge is 0.343 e. The molecule has 1 N–H and O–H groups in total. The summed E-state index contributed by atoms with van der Waals surface area (Å²) < 4.78 is 22.3. The molecule has 1 heterocycles. The van der Waals surface area contributed by atoms with Crippen molar-refractivity contribution in [1.82, 2.24) is 0 Å². The second kappa shape index (κ2) is 6.08. The predicted octanol–water partition coefficient (Wildman–Crippen LogP) is 3.61. The second-order valence-electron chi connectivity index (χ2n) is 5.14. The largest absolute Gasteiger partial charge is 0.507 e. The van der Waals surface area contributed by atoms with Crippen LogP contribution in [0.15, 0.2) is 63.8 Å². The Labute approximate surface area is 135 Å². The van der Waals surface area contributed by atoms with Gasteiger partial charge in [0.1, 0.15) is 17.1 Å². The van der Waals surface area contributed by atoms with Crippen LogP contribution in [0.3, 0.4) is 0 Å². The molecule has 1 aromatic heterocycles. The molecule has 2 aromatic carbocycles. The summed E-state index contributed by atoms with van der Waals surface area (Å²) in [5.41, 5.74) is -0.919. The molecule has 0 aliphatic carbocycles. The summed E-state index contributed by atoms with van der Waals surface area (Å²) >= 11 is 0. The van der Waals surface area contributed by atoms with Crippen LogP contribution in [0.4, 0.5) is 0 Å². The average molecular weight is 310 g/mol. The van der Waals surface area contributed by atoms with Gasteiger partial charge in [0, 0.05) is 15.0 Å². The zero-order valence-corrected chi connectivity index (χ0v) is 12.4. The van der Waals surface area contributed by atoms with E-state index in [0.29, 0.717) is 0 Å². The molecule has 23 heavy (non-hydrogen) atoms.